The van der Waals surface area contributed by atoms with E-state index in [1.54, 1.807) is 17.1 Å². The molecule has 0 amide bonds. The molecule has 2 heterocycles. The van der Waals surface area contributed by atoms with Gasteiger partial charge in [0.25, 0.3) is 0 Å². The predicted molar refractivity (Wildman–Crippen MR) is 77.1 cm³/mol. The Morgan fingerprint density at radius 1 is 1.10 bits per heavy atom. The molecule has 0 aliphatic heterocycles. The lowest BCUT2D eigenvalue weighted by Gasteiger charge is -2.07. The van der Waals surface area contributed by atoms with Gasteiger partial charge >= 0.3 is 0 Å². The third-order valence-corrected chi connectivity index (χ3v) is 2.98. The average molecular weight is 280 g/mol. The Kier molecular flexibility index (Phi) is 3.30. The highest BCUT2D eigenvalue weighted by Gasteiger charge is 2.19. The molecule has 0 aliphatic rings. The molecule has 7 heteroatoms. The van der Waals surface area contributed by atoms with E-state index in [2.05, 4.69) is 20.5 Å². The topological polar surface area (TPSA) is 102 Å². The number of rotatable bonds is 3. The van der Waals surface area contributed by atoms with E-state index in [1.165, 1.54) is 0 Å². The monoisotopic (exact) mass is 280 g/mol. The summed E-state index contributed by atoms with van der Waals surface area (Å²) in [6.07, 6.45) is 3.32. The SMILES string of the molecule is N/C(=N\O)c1nnn(-c2ccccc2)c1-c1ccncc1. The number of nitrogens with two attached hydrogens (primary N) is 1. The van der Waals surface area contributed by atoms with Crippen LogP contribution in [0.3, 0.4) is 0 Å². The molecule has 0 saturated heterocycles. The van der Waals surface area contributed by atoms with Crippen molar-refractivity contribution in [3.63, 3.8) is 0 Å². The maximum atomic E-state index is 8.91. The number of amidine groups is 1. The van der Waals surface area contributed by atoms with Crippen LogP contribution in [0.4, 0.5) is 0 Å². The van der Waals surface area contributed by atoms with Crippen molar-refractivity contribution in [3.05, 3.63) is 60.6 Å². The van der Waals surface area contributed by atoms with Crippen molar-refractivity contribution in [3.8, 4) is 16.9 Å². The molecule has 0 bridgehead atoms. The number of aromatic nitrogens is 4. The highest BCUT2D eigenvalue weighted by molar-refractivity contribution is 6.00. The highest BCUT2D eigenvalue weighted by atomic mass is 16.4. The predicted octanol–water partition coefficient (Wildman–Crippen LogP) is 1.42. The summed E-state index contributed by atoms with van der Waals surface area (Å²) in [4.78, 5) is 3.99. The first-order valence-corrected chi connectivity index (χ1v) is 6.20. The van der Waals surface area contributed by atoms with Crippen LogP contribution in [0.2, 0.25) is 0 Å². The van der Waals surface area contributed by atoms with Gasteiger partial charge in [-0.25, -0.2) is 4.68 Å². The largest absolute Gasteiger partial charge is 0.409 e. The number of hydrogen-bond acceptors (Lipinski definition) is 5. The molecule has 21 heavy (non-hydrogen) atoms. The maximum Gasteiger partial charge on any atom is 0.193 e. The summed E-state index contributed by atoms with van der Waals surface area (Å²) in [6, 6.07) is 13.1. The summed E-state index contributed by atoms with van der Waals surface area (Å²) in [5.74, 6) is -0.0935. The Balaban J connectivity index is 2.25. The molecular formula is C14H12N6O. The van der Waals surface area contributed by atoms with E-state index in [1.807, 2.05) is 42.5 Å². The van der Waals surface area contributed by atoms with Crippen molar-refractivity contribution in [1.29, 1.82) is 0 Å². The van der Waals surface area contributed by atoms with Crippen molar-refractivity contribution in [1.82, 2.24) is 20.0 Å². The molecule has 0 fully saturated rings. The van der Waals surface area contributed by atoms with Crippen molar-refractivity contribution >= 4 is 5.84 Å². The Labute approximate surface area is 120 Å². The summed E-state index contributed by atoms with van der Waals surface area (Å²) in [5, 5.41) is 20.1. The van der Waals surface area contributed by atoms with E-state index < -0.39 is 0 Å². The second-order valence-electron chi connectivity index (χ2n) is 4.26. The minimum Gasteiger partial charge on any atom is -0.409 e. The molecule has 0 aliphatic carbocycles. The van der Waals surface area contributed by atoms with Crippen molar-refractivity contribution in [2.45, 2.75) is 0 Å². The van der Waals surface area contributed by atoms with Crippen LogP contribution in [0, 0.1) is 0 Å². The first kappa shape index (κ1) is 12.8. The van der Waals surface area contributed by atoms with Gasteiger partial charge in [0.1, 0.15) is 5.69 Å². The molecule has 3 rings (SSSR count). The highest BCUT2D eigenvalue weighted by Crippen LogP contribution is 2.24. The van der Waals surface area contributed by atoms with E-state index in [9.17, 15) is 0 Å². The van der Waals surface area contributed by atoms with Crippen LogP contribution < -0.4 is 5.73 Å². The van der Waals surface area contributed by atoms with Gasteiger partial charge in [-0.1, -0.05) is 28.6 Å². The van der Waals surface area contributed by atoms with Gasteiger partial charge in [0, 0.05) is 18.0 Å². The van der Waals surface area contributed by atoms with Crippen LogP contribution in [-0.2, 0) is 0 Å². The van der Waals surface area contributed by atoms with E-state index in [0.717, 1.165) is 11.3 Å². The number of oxime groups is 1. The quantitative estimate of drug-likeness (QED) is 0.327. The molecule has 7 nitrogen and oxygen atoms in total. The lowest BCUT2D eigenvalue weighted by molar-refractivity contribution is 0.318. The van der Waals surface area contributed by atoms with Crippen LogP contribution in [0.25, 0.3) is 16.9 Å². The molecule has 0 saturated carbocycles. The van der Waals surface area contributed by atoms with E-state index in [0.29, 0.717) is 11.4 Å². The van der Waals surface area contributed by atoms with Crippen LogP contribution in [-0.4, -0.2) is 31.0 Å². The molecule has 3 aromatic rings. The van der Waals surface area contributed by atoms with E-state index >= 15 is 0 Å². The van der Waals surface area contributed by atoms with Gasteiger partial charge in [0.05, 0.1) is 5.69 Å². The molecule has 2 aromatic heterocycles. The third-order valence-electron chi connectivity index (χ3n) is 2.98. The number of pyridine rings is 1. The first-order valence-electron chi connectivity index (χ1n) is 6.20. The van der Waals surface area contributed by atoms with Crippen molar-refractivity contribution in [2.24, 2.45) is 10.9 Å². The fourth-order valence-corrected chi connectivity index (χ4v) is 2.02. The number of benzene rings is 1. The van der Waals surface area contributed by atoms with Crippen LogP contribution in [0.5, 0.6) is 0 Å². The minimum atomic E-state index is -0.0935. The Bertz CT molecular complexity index is 767. The van der Waals surface area contributed by atoms with E-state index in [-0.39, 0.29) is 5.84 Å². The Morgan fingerprint density at radius 3 is 2.48 bits per heavy atom. The first-order chi connectivity index (χ1) is 10.3. The van der Waals surface area contributed by atoms with Gasteiger partial charge in [-0.3, -0.25) is 4.98 Å². The fourth-order valence-electron chi connectivity index (χ4n) is 2.02. The summed E-state index contributed by atoms with van der Waals surface area (Å²) in [5.41, 5.74) is 8.29. The van der Waals surface area contributed by atoms with Crippen molar-refractivity contribution < 1.29 is 5.21 Å². The summed E-state index contributed by atoms with van der Waals surface area (Å²) < 4.78 is 1.64. The Morgan fingerprint density at radius 2 is 1.81 bits per heavy atom. The molecule has 0 unspecified atom stereocenters. The zero-order valence-corrected chi connectivity index (χ0v) is 11.0. The second-order valence-corrected chi connectivity index (χ2v) is 4.26. The molecule has 0 radical (unpaired) electrons. The maximum absolute atomic E-state index is 8.91. The third kappa shape index (κ3) is 2.32. The zero-order valence-electron chi connectivity index (χ0n) is 11.0. The van der Waals surface area contributed by atoms with Gasteiger partial charge in [0.2, 0.25) is 0 Å². The molecule has 0 atom stereocenters. The number of hydrogen-bond donors (Lipinski definition) is 2. The lowest BCUT2D eigenvalue weighted by Crippen LogP contribution is -2.15. The average Bonchev–Trinajstić information content (AvgIpc) is 3.00. The van der Waals surface area contributed by atoms with Gasteiger partial charge in [-0.05, 0) is 24.3 Å². The molecule has 3 N–H and O–H groups in total. The number of para-hydroxylation sites is 1. The lowest BCUT2D eigenvalue weighted by atomic mass is 10.1. The van der Waals surface area contributed by atoms with Gasteiger partial charge in [0.15, 0.2) is 11.5 Å². The van der Waals surface area contributed by atoms with Gasteiger partial charge in [-0.2, -0.15) is 0 Å². The number of nitrogens with zero attached hydrogens (tertiary/aromatic N) is 5. The molecule has 0 spiro atoms. The zero-order chi connectivity index (χ0) is 14.7. The summed E-state index contributed by atoms with van der Waals surface area (Å²) in [6.45, 7) is 0. The molecule has 104 valence electrons. The van der Waals surface area contributed by atoms with E-state index in [4.69, 9.17) is 10.9 Å². The summed E-state index contributed by atoms with van der Waals surface area (Å²) >= 11 is 0. The van der Waals surface area contributed by atoms with Crippen LogP contribution in [0.15, 0.2) is 60.0 Å². The van der Waals surface area contributed by atoms with Gasteiger partial charge in [-0.15, -0.1) is 5.10 Å². The Hall–Kier alpha value is -3.22. The van der Waals surface area contributed by atoms with Crippen LogP contribution >= 0.6 is 0 Å². The molecular weight excluding hydrogens is 268 g/mol. The smallest absolute Gasteiger partial charge is 0.193 e. The molecule has 1 aromatic carbocycles. The van der Waals surface area contributed by atoms with Crippen LogP contribution in [0.1, 0.15) is 5.69 Å². The summed E-state index contributed by atoms with van der Waals surface area (Å²) in [7, 11) is 0. The van der Waals surface area contributed by atoms with Crippen molar-refractivity contribution in [2.75, 3.05) is 0 Å². The normalized spacial score (nSPS) is 11.5. The second kappa shape index (κ2) is 5.41. The van der Waals surface area contributed by atoms with Gasteiger partial charge < -0.3 is 10.9 Å². The standard InChI is InChI=1S/C14H12N6O/c15-14(18-21)12-13(10-6-8-16-9-7-10)20(19-17-12)11-4-2-1-3-5-11/h1-9,21H,(H2,15,18). The minimum absolute atomic E-state index is 0.0935. The fraction of sp³-hybridized carbons (Fsp3) is 0.